The van der Waals surface area contributed by atoms with Gasteiger partial charge in [-0.25, -0.2) is 13.1 Å². The maximum Gasteiger partial charge on any atom is 0.307 e. The first-order valence-corrected chi connectivity index (χ1v) is 9.31. The van der Waals surface area contributed by atoms with Crippen LogP contribution < -0.4 is 9.46 Å². The molecule has 0 amide bonds. The monoisotopic (exact) mass is 363 g/mol. The lowest BCUT2D eigenvalue weighted by Crippen LogP contribution is -2.30. The molecule has 0 fully saturated rings. The summed E-state index contributed by atoms with van der Waals surface area (Å²) in [6.07, 6.45) is -0.0962. The predicted molar refractivity (Wildman–Crippen MR) is 93.7 cm³/mol. The van der Waals surface area contributed by atoms with Crippen molar-refractivity contribution in [2.24, 2.45) is 0 Å². The van der Waals surface area contributed by atoms with Crippen molar-refractivity contribution >= 4 is 16.0 Å². The van der Waals surface area contributed by atoms with Crippen LogP contribution in [0.15, 0.2) is 59.5 Å². The Balaban J connectivity index is 2.29. The summed E-state index contributed by atoms with van der Waals surface area (Å²) < 4.78 is 38.0. The van der Waals surface area contributed by atoms with E-state index < -0.39 is 22.0 Å². The molecule has 0 aliphatic heterocycles. The average molecular weight is 363 g/mol. The van der Waals surface area contributed by atoms with Crippen molar-refractivity contribution in [1.29, 1.82) is 0 Å². The third kappa shape index (κ3) is 5.30. The van der Waals surface area contributed by atoms with Gasteiger partial charge in [0.05, 0.1) is 31.1 Å². The van der Waals surface area contributed by atoms with Gasteiger partial charge in [-0.15, -0.1) is 0 Å². The van der Waals surface area contributed by atoms with Crippen molar-refractivity contribution in [2.45, 2.75) is 24.3 Å². The Morgan fingerprint density at radius 3 is 2.48 bits per heavy atom. The first-order chi connectivity index (χ1) is 12.0. The molecular formula is C18H21NO5S. The van der Waals surface area contributed by atoms with Crippen LogP contribution in [0, 0.1) is 0 Å². The van der Waals surface area contributed by atoms with Crippen LogP contribution in [0.5, 0.6) is 5.75 Å². The Morgan fingerprint density at radius 2 is 1.84 bits per heavy atom. The summed E-state index contributed by atoms with van der Waals surface area (Å²) in [5, 5.41) is 0. The SMILES string of the molecule is CCOC(=O)CC(NS(=O)(=O)c1cccc(OC)c1)c1ccccc1. The van der Waals surface area contributed by atoms with Crippen molar-refractivity contribution in [1.82, 2.24) is 4.72 Å². The summed E-state index contributed by atoms with van der Waals surface area (Å²) in [6.45, 7) is 1.94. The lowest BCUT2D eigenvalue weighted by molar-refractivity contribution is -0.143. The Hall–Kier alpha value is -2.38. The number of benzene rings is 2. The third-order valence-corrected chi connectivity index (χ3v) is 5.00. The fourth-order valence-electron chi connectivity index (χ4n) is 2.32. The zero-order valence-corrected chi connectivity index (χ0v) is 15.0. The number of rotatable bonds is 8. The van der Waals surface area contributed by atoms with E-state index in [-0.39, 0.29) is 17.9 Å². The second kappa shape index (κ2) is 8.64. The van der Waals surface area contributed by atoms with E-state index in [1.54, 1.807) is 43.3 Å². The van der Waals surface area contributed by atoms with Gasteiger partial charge in [0.1, 0.15) is 5.75 Å². The van der Waals surface area contributed by atoms with Crippen LogP contribution in [0.3, 0.4) is 0 Å². The summed E-state index contributed by atoms with van der Waals surface area (Å²) in [6, 6.07) is 14.3. The Morgan fingerprint density at radius 1 is 1.12 bits per heavy atom. The minimum atomic E-state index is -3.84. The smallest absolute Gasteiger partial charge is 0.307 e. The molecule has 1 N–H and O–H groups in total. The minimum Gasteiger partial charge on any atom is -0.497 e. The van der Waals surface area contributed by atoms with Crippen molar-refractivity contribution < 1.29 is 22.7 Å². The van der Waals surface area contributed by atoms with Crippen LogP contribution in [0.4, 0.5) is 0 Å². The number of ether oxygens (including phenoxy) is 2. The molecule has 2 aromatic rings. The molecule has 0 radical (unpaired) electrons. The van der Waals surface area contributed by atoms with E-state index in [4.69, 9.17) is 9.47 Å². The number of methoxy groups -OCH3 is 1. The van der Waals surface area contributed by atoms with E-state index in [1.807, 2.05) is 6.07 Å². The fraction of sp³-hybridized carbons (Fsp3) is 0.278. The molecular weight excluding hydrogens is 342 g/mol. The van der Waals surface area contributed by atoms with Gasteiger partial charge in [-0.05, 0) is 24.6 Å². The number of sulfonamides is 1. The molecule has 0 heterocycles. The highest BCUT2D eigenvalue weighted by Gasteiger charge is 2.24. The number of carbonyl (C=O) groups excluding carboxylic acids is 1. The van der Waals surface area contributed by atoms with Gasteiger partial charge in [-0.3, -0.25) is 4.79 Å². The molecule has 134 valence electrons. The number of carbonyl (C=O) groups is 1. The van der Waals surface area contributed by atoms with Crippen LogP contribution in [-0.2, 0) is 19.6 Å². The van der Waals surface area contributed by atoms with Gasteiger partial charge < -0.3 is 9.47 Å². The molecule has 6 nitrogen and oxygen atoms in total. The number of esters is 1. The van der Waals surface area contributed by atoms with Gasteiger partial charge in [-0.2, -0.15) is 0 Å². The zero-order valence-electron chi connectivity index (χ0n) is 14.1. The number of nitrogens with one attached hydrogen (secondary N) is 1. The summed E-state index contributed by atoms with van der Waals surface area (Å²) in [7, 11) is -2.37. The van der Waals surface area contributed by atoms with E-state index in [9.17, 15) is 13.2 Å². The first-order valence-electron chi connectivity index (χ1n) is 7.83. The van der Waals surface area contributed by atoms with E-state index >= 15 is 0 Å². The van der Waals surface area contributed by atoms with Gasteiger partial charge in [0.25, 0.3) is 0 Å². The van der Waals surface area contributed by atoms with Crippen LogP contribution >= 0.6 is 0 Å². The lowest BCUT2D eigenvalue weighted by atomic mass is 10.1. The highest BCUT2D eigenvalue weighted by molar-refractivity contribution is 7.89. The van der Waals surface area contributed by atoms with Crippen LogP contribution in [0.2, 0.25) is 0 Å². The van der Waals surface area contributed by atoms with Gasteiger partial charge in [0, 0.05) is 6.07 Å². The summed E-state index contributed by atoms with van der Waals surface area (Å²) in [4.78, 5) is 11.9. The molecule has 0 saturated heterocycles. The first kappa shape index (κ1) is 19.0. The average Bonchev–Trinajstić information content (AvgIpc) is 2.62. The second-order valence-corrected chi connectivity index (χ2v) is 6.99. The predicted octanol–water partition coefficient (Wildman–Crippen LogP) is 2.67. The van der Waals surface area contributed by atoms with Gasteiger partial charge >= 0.3 is 5.97 Å². The molecule has 2 aromatic carbocycles. The van der Waals surface area contributed by atoms with E-state index in [0.29, 0.717) is 11.3 Å². The lowest BCUT2D eigenvalue weighted by Gasteiger charge is -2.19. The quantitative estimate of drug-likeness (QED) is 0.729. The molecule has 2 rings (SSSR count). The molecule has 7 heteroatoms. The van der Waals surface area contributed by atoms with E-state index in [2.05, 4.69) is 4.72 Å². The van der Waals surface area contributed by atoms with Crippen molar-refractivity contribution in [3.63, 3.8) is 0 Å². The maximum absolute atomic E-state index is 12.7. The van der Waals surface area contributed by atoms with E-state index in [1.165, 1.54) is 19.2 Å². The van der Waals surface area contributed by atoms with Gasteiger partial charge in [0.2, 0.25) is 10.0 Å². The molecule has 0 aliphatic carbocycles. The molecule has 25 heavy (non-hydrogen) atoms. The topological polar surface area (TPSA) is 81.7 Å². The normalized spacial score (nSPS) is 12.4. The Labute approximate surface area is 147 Å². The van der Waals surface area contributed by atoms with Crippen LogP contribution in [0.1, 0.15) is 24.9 Å². The van der Waals surface area contributed by atoms with Crippen LogP contribution in [-0.4, -0.2) is 28.1 Å². The third-order valence-electron chi connectivity index (χ3n) is 3.53. The molecule has 1 unspecified atom stereocenters. The van der Waals surface area contributed by atoms with E-state index in [0.717, 1.165) is 0 Å². The highest BCUT2D eigenvalue weighted by Crippen LogP contribution is 2.23. The number of hydrogen-bond donors (Lipinski definition) is 1. The number of hydrogen-bond acceptors (Lipinski definition) is 5. The van der Waals surface area contributed by atoms with Crippen molar-refractivity contribution in [3.05, 3.63) is 60.2 Å². The highest BCUT2D eigenvalue weighted by atomic mass is 32.2. The standard InChI is InChI=1S/C18H21NO5S/c1-3-24-18(20)13-17(14-8-5-4-6-9-14)19-25(21,22)16-11-7-10-15(12-16)23-2/h4-12,17,19H,3,13H2,1-2H3. The molecule has 0 saturated carbocycles. The van der Waals surface area contributed by atoms with Crippen LogP contribution in [0.25, 0.3) is 0 Å². The summed E-state index contributed by atoms with van der Waals surface area (Å²) in [5.74, 6) is -0.0331. The fourth-order valence-corrected chi connectivity index (χ4v) is 3.58. The second-order valence-electron chi connectivity index (χ2n) is 5.27. The molecule has 1 atom stereocenters. The summed E-state index contributed by atoms with van der Waals surface area (Å²) >= 11 is 0. The molecule has 0 aromatic heterocycles. The zero-order chi connectivity index (χ0) is 18.3. The van der Waals surface area contributed by atoms with Gasteiger partial charge in [0.15, 0.2) is 0 Å². The molecule has 0 bridgehead atoms. The summed E-state index contributed by atoms with van der Waals surface area (Å²) in [5.41, 5.74) is 0.682. The Kier molecular flexibility index (Phi) is 6.55. The van der Waals surface area contributed by atoms with Crippen molar-refractivity contribution in [3.8, 4) is 5.75 Å². The molecule has 0 aliphatic rings. The minimum absolute atomic E-state index is 0.0663. The van der Waals surface area contributed by atoms with Gasteiger partial charge in [-0.1, -0.05) is 36.4 Å². The molecule has 0 spiro atoms. The largest absolute Gasteiger partial charge is 0.497 e. The van der Waals surface area contributed by atoms with Crippen molar-refractivity contribution in [2.75, 3.05) is 13.7 Å². The maximum atomic E-state index is 12.7. The Bertz CT molecular complexity index is 805.